The average molecular weight is 429 g/mol. The topological polar surface area (TPSA) is 75.8 Å². The molecule has 0 amide bonds. The molecule has 0 saturated carbocycles. The largest absolute Gasteiger partial charge is 0.369 e. The number of halogens is 1. The van der Waals surface area contributed by atoms with Crippen LogP contribution in [0.1, 0.15) is 12.8 Å². The molecule has 0 radical (unpaired) electrons. The van der Waals surface area contributed by atoms with Crippen LogP contribution in [0.2, 0.25) is 5.02 Å². The molecular weight excluding hydrogens is 408 g/mol. The van der Waals surface area contributed by atoms with Crippen LogP contribution in [0.25, 0.3) is 38.8 Å². The van der Waals surface area contributed by atoms with Crippen LogP contribution >= 0.6 is 11.6 Å². The van der Waals surface area contributed by atoms with Crippen molar-refractivity contribution in [3.05, 3.63) is 65.9 Å². The summed E-state index contributed by atoms with van der Waals surface area (Å²) in [5.74, 6) is 1.48. The Morgan fingerprint density at radius 2 is 1.81 bits per heavy atom. The van der Waals surface area contributed by atoms with Crippen molar-refractivity contribution in [3.63, 3.8) is 0 Å². The maximum atomic E-state index is 6.48. The van der Waals surface area contributed by atoms with Gasteiger partial charge in [-0.1, -0.05) is 17.7 Å². The van der Waals surface area contributed by atoms with Crippen LogP contribution in [0.3, 0.4) is 0 Å². The molecule has 5 aromatic rings. The van der Waals surface area contributed by atoms with E-state index in [0.29, 0.717) is 11.0 Å². The summed E-state index contributed by atoms with van der Waals surface area (Å²) < 4.78 is 1.93. The molecule has 3 N–H and O–H groups in total. The molecule has 3 aromatic heterocycles. The first kappa shape index (κ1) is 18.3. The first-order valence-electron chi connectivity index (χ1n) is 10.4. The number of nitrogens with one attached hydrogen (secondary N) is 1. The highest BCUT2D eigenvalue weighted by Crippen LogP contribution is 2.32. The van der Waals surface area contributed by atoms with Crippen molar-refractivity contribution in [2.45, 2.75) is 12.8 Å². The maximum absolute atomic E-state index is 6.48. The second kappa shape index (κ2) is 7.03. The number of hydrogen-bond acceptors (Lipinski definition) is 4. The molecule has 1 aliphatic heterocycles. The fourth-order valence-corrected chi connectivity index (χ4v) is 4.75. The summed E-state index contributed by atoms with van der Waals surface area (Å²) >= 11 is 6.48. The van der Waals surface area contributed by atoms with Gasteiger partial charge < -0.3 is 15.6 Å². The molecule has 154 valence electrons. The predicted molar refractivity (Wildman–Crippen MR) is 127 cm³/mol. The van der Waals surface area contributed by atoms with E-state index < -0.39 is 0 Å². The van der Waals surface area contributed by atoms with Gasteiger partial charge in [0.15, 0.2) is 0 Å². The van der Waals surface area contributed by atoms with Crippen molar-refractivity contribution < 1.29 is 0 Å². The van der Waals surface area contributed by atoms with Crippen molar-refractivity contribution in [3.8, 4) is 16.8 Å². The molecule has 0 unspecified atom stereocenters. The molecule has 1 saturated heterocycles. The third kappa shape index (κ3) is 3.02. The molecule has 31 heavy (non-hydrogen) atoms. The van der Waals surface area contributed by atoms with Crippen molar-refractivity contribution in [2.75, 3.05) is 23.7 Å². The number of pyridine rings is 1. The maximum Gasteiger partial charge on any atom is 0.205 e. The Hall–Kier alpha value is -3.51. The molecular formula is C24H21ClN6. The number of anilines is 2. The van der Waals surface area contributed by atoms with Crippen LogP contribution < -0.4 is 10.6 Å². The van der Waals surface area contributed by atoms with Crippen molar-refractivity contribution in [1.82, 2.24) is 19.5 Å². The molecule has 0 atom stereocenters. The van der Waals surface area contributed by atoms with Gasteiger partial charge in [0.1, 0.15) is 5.82 Å². The summed E-state index contributed by atoms with van der Waals surface area (Å²) in [5, 5.41) is 1.66. The molecule has 1 fully saturated rings. The number of H-pyrrole nitrogens is 1. The van der Waals surface area contributed by atoms with Gasteiger partial charge in [-0.25, -0.2) is 9.97 Å². The monoisotopic (exact) mass is 428 g/mol. The number of nitrogens with zero attached hydrogens (tertiary/aromatic N) is 4. The van der Waals surface area contributed by atoms with Crippen molar-refractivity contribution in [2.24, 2.45) is 0 Å². The van der Waals surface area contributed by atoms with E-state index in [1.165, 1.54) is 12.8 Å². The highest BCUT2D eigenvalue weighted by Gasteiger charge is 2.15. The fourth-order valence-electron chi connectivity index (χ4n) is 4.48. The highest BCUT2D eigenvalue weighted by molar-refractivity contribution is 6.35. The van der Waals surface area contributed by atoms with Crippen LogP contribution in [0.15, 0.2) is 60.9 Å². The van der Waals surface area contributed by atoms with Crippen LogP contribution in [-0.2, 0) is 0 Å². The number of aromatic amines is 1. The summed E-state index contributed by atoms with van der Waals surface area (Å²) in [6, 6.07) is 16.3. The van der Waals surface area contributed by atoms with E-state index >= 15 is 0 Å². The lowest BCUT2D eigenvalue weighted by Gasteiger charge is -2.16. The summed E-state index contributed by atoms with van der Waals surface area (Å²) in [7, 11) is 0. The van der Waals surface area contributed by atoms with Gasteiger partial charge >= 0.3 is 0 Å². The van der Waals surface area contributed by atoms with E-state index in [1.807, 2.05) is 35.2 Å². The second-order valence-electron chi connectivity index (χ2n) is 7.97. The van der Waals surface area contributed by atoms with Crippen LogP contribution in [0, 0.1) is 0 Å². The summed E-state index contributed by atoms with van der Waals surface area (Å²) in [4.78, 5) is 14.8. The number of benzene rings is 2. The molecule has 6 rings (SSSR count). The van der Waals surface area contributed by atoms with E-state index in [1.54, 1.807) is 0 Å². The third-order valence-electron chi connectivity index (χ3n) is 6.05. The molecule has 0 aliphatic carbocycles. The Bertz CT molecular complexity index is 1410. The van der Waals surface area contributed by atoms with Crippen molar-refractivity contribution >= 4 is 45.3 Å². The zero-order chi connectivity index (χ0) is 20.9. The first-order valence-corrected chi connectivity index (χ1v) is 10.8. The van der Waals surface area contributed by atoms with Gasteiger partial charge in [-0.3, -0.25) is 4.57 Å². The lowest BCUT2D eigenvalue weighted by atomic mass is 10.1. The van der Waals surface area contributed by atoms with Gasteiger partial charge in [0.2, 0.25) is 5.95 Å². The van der Waals surface area contributed by atoms with Crippen LogP contribution in [0.4, 0.5) is 11.8 Å². The molecule has 0 bridgehead atoms. The number of nitrogen functional groups attached to an aromatic ring is 1. The van der Waals surface area contributed by atoms with Gasteiger partial charge in [-0.05, 0) is 60.9 Å². The number of nitrogens with two attached hydrogens (primary N) is 1. The van der Waals surface area contributed by atoms with E-state index in [0.717, 1.165) is 57.7 Å². The number of fused-ring (bicyclic) bond motifs is 2. The molecule has 0 spiro atoms. The zero-order valence-corrected chi connectivity index (χ0v) is 17.6. The minimum atomic E-state index is 0.427. The highest BCUT2D eigenvalue weighted by atomic mass is 35.5. The summed E-state index contributed by atoms with van der Waals surface area (Å²) in [6.45, 7) is 2.18. The Morgan fingerprint density at radius 3 is 2.61 bits per heavy atom. The molecule has 2 aromatic carbocycles. The van der Waals surface area contributed by atoms with Crippen molar-refractivity contribution in [1.29, 1.82) is 0 Å². The zero-order valence-electron chi connectivity index (χ0n) is 16.8. The fraction of sp³-hybridized carbons (Fsp3) is 0.167. The smallest absolute Gasteiger partial charge is 0.205 e. The Balaban J connectivity index is 1.40. The van der Waals surface area contributed by atoms with E-state index in [4.69, 9.17) is 17.3 Å². The number of rotatable bonds is 3. The normalized spacial score (nSPS) is 14.2. The Morgan fingerprint density at radius 1 is 0.968 bits per heavy atom. The van der Waals surface area contributed by atoms with Crippen LogP contribution in [0.5, 0.6) is 0 Å². The van der Waals surface area contributed by atoms with Gasteiger partial charge in [-0.15, -0.1) is 0 Å². The number of hydrogen-bond donors (Lipinski definition) is 2. The molecule has 7 heteroatoms. The summed E-state index contributed by atoms with van der Waals surface area (Å²) in [6.07, 6.45) is 6.30. The van der Waals surface area contributed by atoms with E-state index in [-0.39, 0.29) is 0 Å². The van der Waals surface area contributed by atoms with Gasteiger partial charge in [0.05, 0.1) is 21.7 Å². The minimum Gasteiger partial charge on any atom is -0.369 e. The number of imidazole rings is 1. The lowest BCUT2D eigenvalue weighted by molar-refractivity contribution is 0.938. The average Bonchev–Trinajstić information content (AvgIpc) is 3.52. The standard InChI is InChI=1S/C24H21ClN6/c25-19-12-17(13-20-18(19)7-8-27-20)31-22-5-3-15(11-21(22)29-24(31)26)16-4-6-23(28-14-16)30-9-1-2-10-30/h3-8,11-14,27H,1-2,9-10H2,(H2,26,29). The molecule has 6 nitrogen and oxygen atoms in total. The van der Waals surface area contributed by atoms with Crippen LogP contribution in [-0.4, -0.2) is 32.6 Å². The Kier molecular flexibility index (Phi) is 4.14. The van der Waals surface area contributed by atoms with E-state index in [2.05, 4.69) is 50.2 Å². The van der Waals surface area contributed by atoms with Gasteiger partial charge in [0, 0.05) is 41.9 Å². The lowest BCUT2D eigenvalue weighted by Crippen LogP contribution is -2.18. The quantitative estimate of drug-likeness (QED) is 0.403. The van der Waals surface area contributed by atoms with Gasteiger partial charge in [-0.2, -0.15) is 0 Å². The van der Waals surface area contributed by atoms with Gasteiger partial charge in [0.25, 0.3) is 0 Å². The summed E-state index contributed by atoms with van der Waals surface area (Å²) in [5.41, 5.74) is 12.1. The predicted octanol–water partition coefficient (Wildman–Crippen LogP) is 5.40. The number of aromatic nitrogens is 4. The second-order valence-corrected chi connectivity index (χ2v) is 8.38. The Labute approximate surface area is 184 Å². The SMILES string of the molecule is Nc1nc2cc(-c3ccc(N4CCCC4)nc3)ccc2n1-c1cc(Cl)c2cc[nH]c2c1. The molecule has 4 heterocycles. The third-order valence-corrected chi connectivity index (χ3v) is 6.37. The molecule has 1 aliphatic rings. The minimum absolute atomic E-state index is 0.427. The van der Waals surface area contributed by atoms with E-state index in [9.17, 15) is 0 Å². The first-order chi connectivity index (χ1) is 15.2.